The zero-order chi connectivity index (χ0) is 10.8. The van der Waals surface area contributed by atoms with Crippen molar-refractivity contribution in [2.45, 2.75) is 19.3 Å². The minimum absolute atomic E-state index is 0.0910. The van der Waals surface area contributed by atoms with Gasteiger partial charge in [-0.2, -0.15) is 0 Å². The Labute approximate surface area is 96.8 Å². The second kappa shape index (κ2) is 4.27. The SMILES string of the molecule is O=C1CCC(C(=O)c2ccccc2Br)C1. The van der Waals surface area contributed by atoms with Gasteiger partial charge < -0.3 is 0 Å². The summed E-state index contributed by atoms with van der Waals surface area (Å²) in [4.78, 5) is 23.1. The number of rotatable bonds is 2. The number of ketones is 2. The molecule has 0 radical (unpaired) electrons. The van der Waals surface area contributed by atoms with Crippen LogP contribution in [-0.4, -0.2) is 11.6 Å². The van der Waals surface area contributed by atoms with E-state index in [1.165, 1.54) is 0 Å². The highest BCUT2D eigenvalue weighted by molar-refractivity contribution is 9.10. The van der Waals surface area contributed by atoms with Crippen molar-refractivity contribution in [2.24, 2.45) is 5.92 Å². The molecule has 15 heavy (non-hydrogen) atoms. The fourth-order valence-electron chi connectivity index (χ4n) is 1.92. The number of Topliss-reactive ketones (excluding diaryl/α,β-unsaturated/α-hetero) is 2. The molecule has 1 aromatic carbocycles. The molecule has 0 heterocycles. The van der Waals surface area contributed by atoms with Crippen molar-refractivity contribution in [1.29, 1.82) is 0 Å². The van der Waals surface area contributed by atoms with E-state index in [4.69, 9.17) is 0 Å². The number of hydrogen-bond acceptors (Lipinski definition) is 2. The lowest BCUT2D eigenvalue weighted by molar-refractivity contribution is -0.117. The standard InChI is InChI=1S/C12H11BrO2/c13-11-4-2-1-3-10(11)12(15)8-5-6-9(14)7-8/h1-4,8H,5-7H2. The molecule has 3 heteroatoms. The molecule has 1 atom stereocenters. The smallest absolute Gasteiger partial charge is 0.167 e. The van der Waals surface area contributed by atoms with E-state index in [1.807, 2.05) is 18.2 Å². The van der Waals surface area contributed by atoms with Crippen molar-refractivity contribution in [3.8, 4) is 0 Å². The fourth-order valence-corrected chi connectivity index (χ4v) is 2.40. The Morgan fingerprint density at radius 3 is 2.67 bits per heavy atom. The van der Waals surface area contributed by atoms with Crippen LogP contribution >= 0.6 is 15.9 Å². The number of carbonyl (C=O) groups excluding carboxylic acids is 2. The van der Waals surface area contributed by atoms with E-state index < -0.39 is 0 Å². The average molecular weight is 267 g/mol. The number of halogens is 1. The van der Waals surface area contributed by atoms with Gasteiger partial charge in [0.05, 0.1) is 0 Å². The van der Waals surface area contributed by atoms with E-state index in [0.29, 0.717) is 24.8 Å². The third-order valence-corrected chi connectivity index (χ3v) is 3.45. The summed E-state index contributed by atoms with van der Waals surface area (Å²) in [7, 11) is 0. The maximum Gasteiger partial charge on any atom is 0.167 e. The van der Waals surface area contributed by atoms with Crippen LogP contribution in [0.25, 0.3) is 0 Å². The normalized spacial score (nSPS) is 20.6. The predicted octanol–water partition coefficient (Wildman–Crippen LogP) is 3.00. The van der Waals surface area contributed by atoms with Gasteiger partial charge in [-0.3, -0.25) is 9.59 Å². The molecular formula is C12H11BrO2. The van der Waals surface area contributed by atoms with E-state index in [-0.39, 0.29) is 17.5 Å². The number of benzene rings is 1. The van der Waals surface area contributed by atoms with Crippen LogP contribution in [0.4, 0.5) is 0 Å². The second-order valence-electron chi connectivity index (χ2n) is 3.82. The molecule has 0 bridgehead atoms. The van der Waals surface area contributed by atoms with E-state index in [1.54, 1.807) is 6.07 Å². The topological polar surface area (TPSA) is 34.1 Å². The van der Waals surface area contributed by atoms with Crippen molar-refractivity contribution in [1.82, 2.24) is 0 Å². The Kier molecular flexibility index (Phi) is 3.00. The highest BCUT2D eigenvalue weighted by Gasteiger charge is 2.29. The first-order valence-electron chi connectivity index (χ1n) is 4.99. The minimum atomic E-state index is -0.101. The van der Waals surface area contributed by atoms with Crippen molar-refractivity contribution >= 4 is 27.5 Å². The summed E-state index contributed by atoms with van der Waals surface area (Å²) in [6, 6.07) is 7.37. The van der Waals surface area contributed by atoms with Crippen LogP contribution in [0, 0.1) is 5.92 Å². The molecule has 0 N–H and O–H groups in total. The first kappa shape index (κ1) is 10.6. The summed E-state index contributed by atoms with van der Waals surface area (Å²) in [6.45, 7) is 0. The third-order valence-electron chi connectivity index (χ3n) is 2.76. The molecule has 0 aromatic heterocycles. The zero-order valence-corrected chi connectivity index (χ0v) is 9.79. The Hall–Kier alpha value is -0.960. The van der Waals surface area contributed by atoms with Crippen LogP contribution in [0.2, 0.25) is 0 Å². The van der Waals surface area contributed by atoms with Gasteiger partial charge in [0.25, 0.3) is 0 Å². The van der Waals surface area contributed by atoms with Crippen LogP contribution in [0.15, 0.2) is 28.7 Å². The van der Waals surface area contributed by atoms with Crippen molar-refractivity contribution in [2.75, 3.05) is 0 Å². The molecule has 0 aliphatic heterocycles. The first-order valence-corrected chi connectivity index (χ1v) is 5.78. The largest absolute Gasteiger partial charge is 0.300 e. The molecule has 0 spiro atoms. The molecule has 1 aromatic rings. The summed E-state index contributed by atoms with van der Waals surface area (Å²) < 4.78 is 0.814. The maximum atomic E-state index is 12.0. The van der Waals surface area contributed by atoms with Gasteiger partial charge in [-0.25, -0.2) is 0 Å². The first-order chi connectivity index (χ1) is 7.18. The highest BCUT2D eigenvalue weighted by atomic mass is 79.9. The summed E-state index contributed by atoms with van der Waals surface area (Å²) in [5.41, 5.74) is 0.692. The lowest BCUT2D eigenvalue weighted by atomic mass is 9.96. The van der Waals surface area contributed by atoms with Crippen LogP contribution in [0.5, 0.6) is 0 Å². The van der Waals surface area contributed by atoms with Gasteiger partial charge in [0.15, 0.2) is 5.78 Å². The van der Waals surface area contributed by atoms with Gasteiger partial charge >= 0.3 is 0 Å². The molecule has 0 amide bonds. The molecule has 1 unspecified atom stereocenters. The molecule has 1 aliphatic rings. The predicted molar refractivity (Wildman–Crippen MR) is 60.8 cm³/mol. The van der Waals surface area contributed by atoms with Crippen LogP contribution in [0.3, 0.4) is 0 Å². The van der Waals surface area contributed by atoms with E-state index in [9.17, 15) is 9.59 Å². The Morgan fingerprint density at radius 1 is 1.33 bits per heavy atom. The van der Waals surface area contributed by atoms with Crippen LogP contribution < -0.4 is 0 Å². The fraction of sp³-hybridized carbons (Fsp3) is 0.333. The van der Waals surface area contributed by atoms with Gasteiger partial charge in [0.1, 0.15) is 5.78 Å². The number of hydrogen-bond donors (Lipinski definition) is 0. The molecular weight excluding hydrogens is 256 g/mol. The molecule has 2 nitrogen and oxygen atoms in total. The van der Waals surface area contributed by atoms with Crippen molar-refractivity contribution in [3.05, 3.63) is 34.3 Å². The summed E-state index contributed by atoms with van der Waals surface area (Å²) >= 11 is 3.35. The highest BCUT2D eigenvalue weighted by Crippen LogP contribution is 2.28. The monoisotopic (exact) mass is 266 g/mol. The van der Waals surface area contributed by atoms with Crippen LogP contribution in [0.1, 0.15) is 29.6 Å². The van der Waals surface area contributed by atoms with Gasteiger partial charge in [-0.05, 0) is 12.5 Å². The van der Waals surface area contributed by atoms with Gasteiger partial charge in [0, 0.05) is 28.8 Å². The lowest BCUT2D eigenvalue weighted by Gasteiger charge is -2.08. The zero-order valence-electron chi connectivity index (χ0n) is 8.20. The van der Waals surface area contributed by atoms with E-state index >= 15 is 0 Å². The maximum absolute atomic E-state index is 12.0. The van der Waals surface area contributed by atoms with E-state index in [0.717, 1.165) is 4.47 Å². The summed E-state index contributed by atoms with van der Waals surface area (Å²) in [5, 5.41) is 0. The summed E-state index contributed by atoms with van der Waals surface area (Å²) in [6.07, 6.45) is 1.68. The summed E-state index contributed by atoms with van der Waals surface area (Å²) in [5.74, 6) is 0.199. The molecule has 2 rings (SSSR count). The van der Waals surface area contributed by atoms with Crippen LogP contribution in [-0.2, 0) is 4.79 Å². The molecule has 0 saturated heterocycles. The van der Waals surface area contributed by atoms with E-state index in [2.05, 4.69) is 15.9 Å². The van der Waals surface area contributed by atoms with Gasteiger partial charge in [0.2, 0.25) is 0 Å². The van der Waals surface area contributed by atoms with Gasteiger partial charge in [-0.15, -0.1) is 0 Å². The molecule has 1 fully saturated rings. The average Bonchev–Trinajstić information content (AvgIpc) is 2.65. The van der Waals surface area contributed by atoms with Crippen molar-refractivity contribution < 1.29 is 9.59 Å². The second-order valence-corrected chi connectivity index (χ2v) is 4.68. The molecule has 1 saturated carbocycles. The lowest BCUT2D eigenvalue weighted by Crippen LogP contribution is -2.12. The Morgan fingerprint density at radius 2 is 2.07 bits per heavy atom. The molecule has 78 valence electrons. The van der Waals surface area contributed by atoms with Crippen molar-refractivity contribution in [3.63, 3.8) is 0 Å². The minimum Gasteiger partial charge on any atom is -0.300 e. The Balaban J connectivity index is 2.21. The third kappa shape index (κ3) is 2.17. The molecule has 1 aliphatic carbocycles. The quantitative estimate of drug-likeness (QED) is 0.772. The Bertz CT molecular complexity index is 412. The van der Waals surface area contributed by atoms with Gasteiger partial charge in [-0.1, -0.05) is 34.1 Å². The number of carbonyl (C=O) groups is 2.